The fraction of sp³-hybridized carbons (Fsp3) is 0.586. The van der Waals surface area contributed by atoms with Gasteiger partial charge in [0.2, 0.25) is 5.91 Å². The van der Waals surface area contributed by atoms with Crippen molar-refractivity contribution in [1.29, 1.82) is 0 Å². The van der Waals surface area contributed by atoms with Gasteiger partial charge in [-0.3, -0.25) is 14.4 Å². The quantitative estimate of drug-likeness (QED) is 0.296. The van der Waals surface area contributed by atoms with E-state index in [1.165, 1.54) is 4.90 Å². The van der Waals surface area contributed by atoms with Gasteiger partial charge < -0.3 is 24.8 Å². The number of nitrogens with one attached hydrogen (secondary N) is 1. The fourth-order valence-electron chi connectivity index (χ4n) is 6.61. The predicted octanol–water partition coefficient (Wildman–Crippen LogP) is 3.10. The van der Waals surface area contributed by atoms with E-state index in [0.717, 1.165) is 74.7 Å². The van der Waals surface area contributed by atoms with Crippen molar-refractivity contribution >= 4 is 34.1 Å². The SMILES string of the molecule is CN1CCN(c2nc(-c3ccc(C(=O)N[C@H](C(=O)N4C[C@@H](N=[N+]=[N-])[C@H]5OCC(=O)[C@H]54)C4CCCCC4)cc3)cs2)CC1. The number of Topliss-reactive ketones (excluding diaryl/α,β-unsaturated/α-hetero) is 1. The van der Waals surface area contributed by atoms with Crippen molar-refractivity contribution in [2.24, 2.45) is 11.0 Å². The third-order valence-corrected chi connectivity index (χ3v) is 9.92. The van der Waals surface area contributed by atoms with Gasteiger partial charge in [0, 0.05) is 54.1 Å². The van der Waals surface area contributed by atoms with Crippen LogP contribution in [0.2, 0.25) is 0 Å². The molecule has 3 aliphatic heterocycles. The van der Waals surface area contributed by atoms with Gasteiger partial charge in [0.15, 0.2) is 10.9 Å². The fourth-order valence-corrected chi connectivity index (χ4v) is 7.50. The van der Waals surface area contributed by atoms with E-state index in [4.69, 9.17) is 15.3 Å². The van der Waals surface area contributed by atoms with Crippen molar-refractivity contribution in [2.75, 3.05) is 51.3 Å². The summed E-state index contributed by atoms with van der Waals surface area (Å²) in [6.45, 7) is 3.92. The van der Waals surface area contributed by atoms with E-state index in [1.807, 2.05) is 17.5 Å². The summed E-state index contributed by atoms with van der Waals surface area (Å²) in [5.74, 6) is -0.883. The standard InChI is InChI=1S/C29H36N8O4S/c1-35-11-13-36(14-12-35)29-31-22(17-42-29)18-7-9-20(10-8-18)27(39)32-24(19-5-3-2-4-6-19)28(40)37-15-21(33-34-30)26-25(37)23(38)16-41-26/h7-10,17,19,21,24-26H,2-6,11-16H2,1H3,(H,32,39)/t21-,24+,25-,26-/m1/s1. The number of benzene rings is 1. The Balaban J connectivity index is 1.17. The summed E-state index contributed by atoms with van der Waals surface area (Å²) < 4.78 is 5.59. The number of rotatable bonds is 7. The van der Waals surface area contributed by atoms with Crippen LogP contribution in [-0.4, -0.2) is 103 Å². The second kappa shape index (κ2) is 12.4. The zero-order valence-electron chi connectivity index (χ0n) is 23.7. The first kappa shape index (κ1) is 28.6. The summed E-state index contributed by atoms with van der Waals surface area (Å²) in [5, 5.41) is 9.86. The Hall–Kier alpha value is -3.51. The molecule has 2 amide bonds. The Morgan fingerprint density at radius 3 is 2.60 bits per heavy atom. The molecule has 12 nitrogen and oxygen atoms in total. The van der Waals surface area contributed by atoms with Crippen molar-refractivity contribution in [3.05, 3.63) is 45.7 Å². The molecule has 1 aliphatic carbocycles. The number of hydrogen-bond donors (Lipinski definition) is 1. The van der Waals surface area contributed by atoms with Crippen molar-refractivity contribution in [3.8, 4) is 11.3 Å². The van der Waals surface area contributed by atoms with Crippen LogP contribution in [0.3, 0.4) is 0 Å². The lowest BCUT2D eigenvalue weighted by Gasteiger charge is -2.34. The lowest BCUT2D eigenvalue weighted by Crippen LogP contribution is -2.55. The molecule has 0 radical (unpaired) electrons. The molecule has 222 valence electrons. The first-order valence-corrected chi connectivity index (χ1v) is 15.6. The van der Waals surface area contributed by atoms with Gasteiger partial charge in [0.05, 0.1) is 17.8 Å². The highest BCUT2D eigenvalue weighted by Gasteiger charge is 2.53. The molecule has 3 saturated heterocycles. The van der Waals surface area contributed by atoms with Crippen molar-refractivity contribution in [2.45, 2.75) is 56.3 Å². The molecular formula is C29H36N8O4S. The molecule has 0 bridgehead atoms. The number of carbonyl (C=O) groups excluding carboxylic acids is 3. The van der Waals surface area contributed by atoms with Crippen LogP contribution in [0.25, 0.3) is 21.7 Å². The predicted molar refractivity (Wildman–Crippen MR) is 158 cm³/mol. The van der Waals surface area contributed by atoms with Crippen LogP contribution in [0.4, 0.5) is 5.13 Å². The van der Waals surface area contributed by atoms with Crippen LogP contribution in [0.15, 0.2) is 34.8 Å². The summed E-state index contributed by atoms with van der Waals surface area (Å²) in [6, 6.07) is 5.11. The highest BCUT2D eigenvalue weighted by Crippen LogP contribution is 2.34. The number of amides is 2. The molecule has 4 atom stereocenters. The number of fused-ring (bicyclic) bond motifs is 1. The van der Waals surface area contributed by atoms with Crippen LogP contribution >= 0.6 is 11.3 Å². The van der Waals surface area contributed by atoms with E-state index >= 15 is 0 Å². The molecule has 1 saturated carbocycles. The lowest BCUT2D eigenvalue weighted by molar-refractivity contribution is -0.139. The number of hydrogen-bond acceptors (Lipinski definition) is 9. The molecule has 4 aliphatic rings. The van der Waals surface area contributed by atoms with Crippen LogP contribution in [0.1, 0.15) is 42.5 Å². The van der Waals surface area contributed by atoms with E-state index in [-0.39, 0.29) is 36.7 Å². The summed E-state index contributed by atoms with van der Waals surface area (Å²) in [6.07, 6.45) is 4.06. The van der Waals surface area contributed by atoms with E-state index in [2.05, 4.69) is 32.2 Å². The zero-order valence-corrected chi connectivity index (χ0v) is 24.5. The number of nitrogens with zero attached hydrogens (tertiary/aromatic N) is 7. The van der Waals surface area contributed by atoms with Crippen LogP contribution in [0.5, 0.6) is 0 Å². The van der Waals surface area contributed by atoms with Gasteiger partial charge in [0.25, 0.3) is 5.91 Å². The molecule has 4 heterocycles. The molecule has 13 heteroatoms. The Labute approximate surface area is 248 Å². The Bertz CT molecular complexity index is 1360. The van der Waals surface area contributed by atoms with Gasteiger partial charge in [-0.05, 0) is 43.5 Å². The summed E-state index contributed by atoms with van der Waals surface area (Å²) in [5.41, 5.74) is 11.3. The van der Waals surface area contributed by atoms with Crippen molar-refractivity contribution < 1.29 is 19.1 Å². The van der Waals surface area contributed by atoms with Crippen LogP contribution in [0, 0.1) is 5.92 Å². The molecule has 0 spiro atoms. The highest BCUT2D eigenvalue weighted by molar-refractivity contribution is 7.14. The largest absolute Gasteiger partial charge is 0.367 e. The maximum absolute atomic E-state index is 14.0. The van der Waals surface area contributed by atoms with E-state index < -0.39 is 24.2 Å². The minimum absolute atomic E-state index is 0.0353. The lowest BCUT2D eigenvalue weighted by atomic mass is 9.83. The molecule has 1 aromatic heterocycles. The molecule has 2 aromatic rings. The number of anilines is 1. The van der Waals surface area contributed by atoms with Gasteiger partial charge in [0.1, 0.15) is 18.7 Å². The number of likely N-dealkylation sites (tertiary alicyclic amines) is 1. The topological polar surface area (TPSA) is 144 Å². The van der Waals surface area contributed by atoms with E-state index in [0.29, 0.717) is 5.56 Å². The Kier molecular flexibility index (Phi) is 8.43. The van der Waals surface area contributed by atoms with Gasteiger partial charge in [-0.25, -0.2) is 4.98 Å². The number of ether oxygens (including phenoxy) is 1. The van der Waals surface area contributed by atoms with Gasteiger partial charge in [-0.2, -0.15) is 0 Å². The summed E-state index contributed by atoms with van der Waals surface area (Å²) in [4.78, 5) is 54.0. The van der Waals surface area contributed by atoms with Crippen molar-refractivity contribution in [1.82, 2.24) is 20.1 Å². The third kappa shape index (κ3) is 5.74. The monoisotopic (exact) mass is 592 g/mol. The van der Waals surface area contributed by atoms with E-state index in [9.17, 15) is 14.4 Å². The first-order chi connectivity index (χ1) is 20.4. The second-order valence-electron chi connectivity index (χ2n) is 11.7. The molecule has 42 heavy (non-hydrogen) atoms. The van der Waals surface area contributed by atoms with E-state index in [1.54, 1.807) is 23.5 Å². The number of carbonyl (C=O) groups is 3. The Morgan fingerprint density at radius 2 is 1.88 bits per heavy atom. The highest BCUT2D eigenvalue weighted by atomic mass is 32.1. The third-order valence-electron chi connectivity index (χ3n) is 9.02. The second-order valence-corrected chi connectivity index (χ2v) is 12.5. The summed E-state index contributed by atoms with van der Waals surface area (Å²) in [7, 11) is 2.13. The number of piperazine rings is 1. The number of thiazole rings is 1. The number of aromatic nitrogens is 1. The number of likely N-dealkylation sites (N-methyl/N-ethyl adjacent to an activating group) is 1. The maximum Gasteiger partial charge on any atom is 0.251 e. The van der Waals surface area contributed by atoms with Crippen LogP contribution < -0.4 is 10.2 Å². The molecule has 1 aromatic carbocycles. The molecule has 4 fully saturated rings. The normalized spacial score (nSPS) is 25.6. The molecule has 0 unspecified atom stereocenters. The number of azide groups is 1. The first-order valence-electron chi connectivity index (χ1n) is 14.7. The number of ketones is 1. The zero-order chi connectivity index (χ0) is 29.2. The van der Waals surface area contributed by atoms with Crippen LogP contribution in [-0.2, 0) is 14.3 Å². The summed E-state index contributed by atoms with van der Waals surface area (Å²) >= 11 is 1.63. The molecular weight excluding hydrogens is 556 g/mol. The average molecular weight is 593 g/mol. The molecule has 6 rings (SSSR count). The van der Waals surface area contributed by atoms with Gasteiger partial charge in [-0.15, -0.1) is 11.3 Å². The minimum Gasteiger partial charge on any atom is -0.367 e. The molecule has 1 N–H and O–H groups in total. The van der Waals surface area contributed by atoms with Gasteiger partial charge >= 0.3 is 0 Å². The minimum atomic E-state index is -0.788. The van der Waals surface area contributed by atoms with Gasteiger partial charge in [-0.1, -0.05) is 36.5 Å². The smallest absolute Gasteiger partial charge is 0.251 e. The van der Waals surface area contributed by atoms with Crippen molar-refractivity contribution in [3.63, 3.8) is 0 Å². The maximum atomic E-state index is 14.0. The Morgan fingerprint density at radius 1 is 1.14 bits per heavy atom. The average Bonchev–Trinajstić information content (AvgIpc) is 3.75.